The van der Waals surface area contributed by atoms with E-state index in [1.54, 1.807) is 18.2 Å². The second kappa shape index (κ2) is 8.47. The minimum absolute atomic E-state index is 0.104. The van der Waals surface area contributed by atoms with Crippen molar-refractivity contribution < 1.29 is 19.4 Å². The summed E-state index contributed by atoms with van der Waals surface area (Å²) in [6, 6.07) is 10.8. The molecule has 3 rings (SSSR count). The van der Waals surface area contributed by atoms with Crippen molar-refractivity contribution in [3.63, 3.8) is 0 Å². The third kappa shape index (κ3) is 4.37. The molecular formula is C21H22N4O4. The first-order valence-electron chi connectivity index (χ1n) is 8.84. The lowest BCUT2D eigenvalue weighted by atomic mass is 10.0. The Kier molecular flexibility index (Phi) is 5.82. The summed E-state index contributed by atoms with van der Waals surface area (Å²) in [7, 11) is 2.87. The van der Waals surface area contributed by atoms with Crippen LogP contribution in [0.15, 0.2) is 41.5 Å². The molecular weight excluding hydrogens is 372 g/mol. The van der Waals surface area contributed by atoms with Gasteiger partial charge >= 0.3 is 0 Å². The van der Waals surface area contributed by atoms with Gasteiger partial charge in [-0.1, -0.05) is 12.1 Å². The summed E-state index contributed by atoms with van der Waals surface area (Å²) in [5.41, 5.74) is 7.26. The molecule has 8 heteroatoms. The van der Waals surface area contributed by atoms with E-state index in [9.17, 15) is 9.90 Å². The summed E-state index contributed by atoms with van der Waals surface area (Å²) in [6.45, 7) is 4.07. The Balaban J connectivity index is 1.71. The van der Waals surface area contributed by atoms with Crippen LogP contribution < -0.4 is 14.9 Å². The van der Waals surface area contributed by atoms with E-state index in [4.69, 9.17) is 9.47 Å². The number of aromatic nitrogens is 2. The van der Waals surface area contributed by atoms with Crippen molar-refractivity contribution in [3.05, 3.63) is 58.8 Å². The lowest BCUT2D eigenvalue weighted by molar-refractivity contribution is 0.0950. The normalized spacial score (nSPS) is 10.9. The van der Waals surface area contributed by atoms with Crippen LogP contribution in [0.2, 0.25) is 0 Å². The number of carbonyl (C=O) groups is 1. The van der Waals surface area contributed by atoms with Gasteiger partial charge in [-0.2, -0.15) is 10.2 Å². The van der Waals surface area contributed by atoms with Gasteiger partial charge in [0.25, 0.3) is 5.91 Å². The van der Waals surface area contributed by atoms with Crippen molar-refractivity contribution in [3.8, 4) is 28.5 Å². The van der Waals surface area contributed by atoms with Gasteiger partial charge in [0, 0.05) is 11.1 Å². The van der Waals surface area contributed by atoms with E-state index in [1.165, 1.54) is 26.0 Å². The van der Waals surface area contributed by atoms with Crippen LogP contribution in [0, 0.1) is 13.8 Å². The number of aryl methyl sites for hydroxylation is 2. The molecule has 0 bridgehead atoms. The van der Waals surface area contributed by atoms with Crippen LogP contribution in [-0.2, 0) is 0 Å². The first kappa shape index (κ1) is 19.9. The molecule has 1 amide bonds. The molecule has 0 unspecified atom stereocenters. The smallest absolute Gasteiger partial charge is 0.289 e. The number of aromatic amines is 1. The summed E-state index contributed by atoms with van der Waals surface area (Å²) in [6.07, 6.45) is 1.42. The first-order valence-corrected chi connectivity index (χ1v) is 8.84. The highest BCUT2D eigenvalue weighted by molar-refractivity contribution is 5.94. The Morgan fingerprint density at radius 1 is 1.10 bits per heavy atom. The number of carbonyl (C=O) groups excluding carboxylic acids is 1. The summed E-state index contributed by atoms with van der Waals surface area (Å²) < 4.78 is 10.2. The lowest BCUT2D eigenvalue weighted by Crippen LogP contribution is -2.18. The molecule has 29 heavy (non-hydrogen) atoms. The summed E-state index contributed by atoms with van der Waals surface area (Å²) in [4.78, 5) is 12.3. The van der Waals surface area contributed by atoms with Crippen molar-refractivity contribution >= 4 is 12.1 Å². The van der Waals surface area contributed by atoms with Gasteiger partial charge in [-0.05, 0) is 49.2 Å². The van der Waals surface area contributed by atoms with E-state index in [0.717, 1.165) is 11.1 Å². The number of H-pyrrole nitrogens is 1. The average molecular weight is 394 g/mol. The highest BCUT2D eigenvalue weighted by Crippen LogP contribution is 2.36. The van der Waals surface area contributed by atoms with Crippen LogP contribution in [0.4, 0.5) is 0 Å². The SMILES string of the molecule is COc1cc(/C=N/NC(=O)c2cc(-c3ccc(C)c(C)c3)n[nH]2)cc(OC)c1O. The Hall–Kier alpha value is -3.81. The van der Waals surface area contributed by atoms with Gasteiger partial charge < -0.3 is 14.6 Å². The topological polar surface area (TPSA) is 109 Å². The predicted octanol–water partition coefficient (Wildman–Crippen LogP) is 3.18. The standard InChI is InChI=1S/C21H22N4O4/c1-12-5-6-15(7-13(12)2)16-10-17(24-23-16)21(27)25-22-11-14-8-18(28-3)20(26)19(9-14)29-4/h5-11,26H,1-4H3,(H,23,24)(H,25,27)/b22-11+. The fourth-order valence-corrected chi connectivity index (χ4v) is 2.70. The molecule has 0 aliphatic heterocycles. The quantitative estimate of drug-likeness (QED) is 0.439. The fourth-order valence-electron chi connectivity index (χ4n) is 2.70. The molecule has 2 aromatic carbocycles. The van der Waals surface area contributed by atoms with Crippen LogP contribution in [0.3, 0.4) is 0 Å². The Morgan fingerprint density at radius 2 is 1.79 bits per heavy atom. The largest absolute Gasteiger partial charge is 0.502 e. The van der Waals surface area contributed by atoms with E-state index >= 15 is 0 Å². The molecule has 8 nitrogen and oxygen atoms in total. The minimum atomic E-state index is -0.429. The van der Waals surface area contributed by atoms with Gasteiger partial charge in [0.2, 0.25) is 5.75 Å². The summed E-state index contributed by atoms with van der Waals surface area (Å²) >= 11 is 0. The maximum absolute atomic E-state index is 12.3. The maximum atomic E-state index is 12.3. The summed E-state index contributed by atoms with van der Waals surface area (Å²) in [5, 5.41) is 20.8. The zero-order chi connectivity index (χ0) is 21.0. The molecule has 0 saturated heterocycles. The second-order valence-corrected chi connectivity index (χ2v) is 6.44. The number of aromatic hydroxyl groups is 1. The number of amides is 1. The van der Waals surface area contributed by atoms with Gasteiger partial charge in [-0.15, -0.1) is 0 Å². The molecule has 3 aromatic rings. The van der Waals surface area contributed by atoms with Crippen molar-refractivity contribution in [1.29, 1.82) is 0 Å². The Bertz CT molecular complexity index is 1050. The number of hydrogen-bond acceptors (Lipinski definition) is 6. The number of phenols is 1. The van der Waals surface area contributed by atoms with E-state index in [0.29, 0.717) is 11.3 Å². The number of nitrogens with one attached hydrogen (secondary N) is 2. The Morgan fingerprint density at radius 3 is 2.41 bits per heavy atom. The van der Waals surface area contributed by atoms with Crippen LogP contribution in [0.5, 0.6) is 17.2 Å². The zero-order valence-corrected chi connectivity index (χ0v) is 16.6. The molecule has 0 saturated carbocycles. The van der Waals surface area contributed by atoms with E-state index in [1.807, 2.05) is 32.0 Å². The number of methoxy groups -OCH3 is 2. The first-order chi connectivity index (χ1) is 13.9. The minimum Gasteiger partial charge on any atom is -0.502 e. The van der Waals surface area contributed by atoms with Crippen LogP contribution in [0.1, 0.15) is 27.2 Å². The van der Waals surface area contributed by atoms with Gasteiger partial charge in [0.05, 0.1) is 26.1 Å². The van der Waals surface area contributed by atoms with Gasteiger partial charge in [-0.25, -0.2) is 5.43 Å². The predicted molar refractivity (Wildman–Crippen MR) is 110 cm³/mol. The van der Waals surface area contributed by atoms with Crippen molar-refractivity contribution in [1.82, 2.24) is 15.6 Å². The molecule has 0 aliphatic rings. The molecule has 1 heterocycles. The van der Waals surface area contributed by atoms with Gasteiger partial charge in [0.1, 0.15) is 5.69 Å². The van der Waals surface area contributed by atoms with Crippen LogP contribution >= 0.6 is 0 Å². The van der Waals surface area contributed by atoms with Crippen molar-refractivity contribution in [2.45, 2.75) is 13.8 Å². The van der Waals surface area contributed by atoms with Crippen molar-refractivity contribution in [2.24, 2.45) is 5.10 Å². The number of ether oxygens (including phenoxy) is 2. The number of hydrazone groups is 1. The van der Waals surface area contributed by atoms with Gasteiger partial charge in [-0.3, -0.25) is 9.89 Å². The fraction of sp³-hybridized carbons (Fsp3) is 0.190. The zero-order valence-electron chi connectivity index (χ0n) is 16.6. The number of hydrogen-bond donors (Lipinski definition) is 3. The molecule has 0 aliphatic carbocycles. The third-order valence-electron chi connectivity index (χ3n) is 4.51. The molecule has 1 aromatic heterocycles. The van der Waals surface area contributed by atoms with Crippen LogP contribution in [-0.4, -0.2) is 41.6 Å². The highest BCUT2D eigenvalue weighted by atomic mass is 16.5. The monoisotopic (exact) mass is 394 g/mol. The van der Waals surface area contributed by atoms with E-state index in [2.05, 4.69) is 20.7 Å². The Labute approximate surface area is 168 Å². The second-order valence-electron chi connectivity index (χ2n) is 6.44. The molecule has 0 fully saturated rings. The van der Waals surface area contributed by atoms with E-state index in [-0.39, 0.29) is 22.9 Å². The van der Waals surface area contributed by atoms with E-state index < -0.39 is 5.91 Å². The molecule has 0 radical (unpaired) electrons. The molecule has 0 spiro atoms. The average Bonchev–Trinajstić information content (AvgIpc) is 3.21. The van der Waals surface area contributed by atoms with Crippen LogP contribution in [0.25, 0.3) is 11.3 Å². The number of phenolic OH excluding ortho intramolecular Hbond substituents is 1. The number of nitrogens with zero attached hydrogens (tertiary/aromatic N) is 2. The molecule has 3 N–H and O–H groups in total. The maximum Gasteiger partial charge on any atom is 0.289 e. The molecule has 150 valence electrons. The van der Waals surface area contributed by atoms with Gasteiger partial charge in [0.15, 0.2) is 11.5 Å². The number of rotatable bonds is 6. The third-order valence-corrected chi connectivity index (χ3v) is 4.51. The summed E-state index contributed by atoms with van der Waals surface area (Å²) in [5.74, 6) is -0.0542. The highest BCUT2D eigenvalue weighted by Gasteiger charge is 2.12. The lowest BCUT2D eigenvalue weighted by Gasteiger charge is -2.09. The van der Waals surface area contributed by atoms with Crippen molar-refractivity contribution in [2.75, 3.05) is 14.2 Å². The number of benzene rings is 2. The molecule has 0 atom stereocenters.